The monoisotopic (exact) mass is 339 g/mol. The molecule has 2 aliphatic heterocycles. The average molecular weight is 341 g/mol. The molecule has 0 fully saturated rings. The maximum atomic E-state index is 10.7. The molecule has 0 radical (unpaired) electrons. The first-order valence-electron chi connectivity index (χ1n) is 3.46. The van der Waals surface area contributed by atoms with E-state index in [0.717, 1.165) is 5.70 Å². The van der Waals surface area contributed by atoms with Gasteiger partial charge in [0, 0.05) is 12.3 Å². The van der Waals surface area contributed by atoms with Crippen LogP contribution in [0.5, 0.6) is 0 Å². The van der Waals surface area contributed by atoms with Crippen LogP contribution in [0.15, 0.2) is 32.8 Å². The Bertz CT molecular complexity index is 404. The first-order valence-corrected chi connectivity index (χ1v) is 5.81. The number of rotatable bonds is 1. The molecule has 0 aromatic rings. The Morgan fingerprint density at radius 2 is 2.29 bits per heavy atom. The van der Waals surface area contributed by atoms with Crippen LogP contribution in [0.4, 0.5) is 0 Å². The zero-order valence-electron chi connectivity index (χ0n) is 6.53. The second-order valence-electron chi connectivity index (χ2n) is 2.46. The molecule has 2 heterocycles. The van der Waals surface area contributed by atoms with Gasteiger partial charge in [-0.2, -0.15) is 0 Å². The minimum absolute atomic E-state index is 0.0451. The largest absolute Gasteiger partial charge is 0.316 e. The molecular formula is C6H3Br2N3O2S. The van der Waals surface area contributed by atoms with Gasteiger partial charge in [-0.3, -0.25) is 14.4 Å². The fourth-order valence-corrected chi connectivity index (χ4v) is 3.00. The van der Waals surface area contributed by atoms with Gasteiger partial charge in [-0.1, -0.05) is 0 Å². The summed E-state index contributed by atoms with van der Waals surface area (Å²) in [6.07, 6.45) is 3.16. The molecule has 0 atom stereocenters. The van der Waals surface area contributed by atoms with E-state index < -0.39 is 4.92 Å². The van der Waals surface area contributed by atoms with Crippen molar-refractivity contribution < 1.29 is 4.92 Å². The molecule has 0 unspecified atom stereocenters. The summed E-state index contributed by atoms with van der Waals surface area (Å²) < 4.78 is 5.83. The Labute approximate surface area is 101 Å². The van der Waals surface area contributed by atoms with E-state index in [1.807, 2.05) is 0 Å². The number of fused-ring (bicyclic) bond motifs is 1. The van der Waals surface area contributed by atoms with Gasteiger partial charge in [0.2, 0.25) is 0 Å². The van der Waals surface area contributed by atoms with Crippen LogP contribution in [0.25, 0.3) is 0 Å². The summed E-state index contributed by atoms with van der Waals surface area (Å²) in [5, 5.41) is 10.7. The van der Waals surface area contributed by atoms with Crippen LogP contribution in [-0.4, -0.2) is 9.23 Å². The fourth-order valence-electron chi connectivity index (χ4n) is 1.05. The van der Waals surface area contributed by atoms with Gasteiger partial charge in [0.15, 0.2) is 0 Å². The summed E-state index contributed by atoms with van der Waals surface area (Å²) in [5.41, 5.74) is 0.778. The molecule has 0 amide bonds. The molecule has 8 heteroatoms. The number of nitro groups is 1. The van der Waals surface area contributed by atoms with Crippen LogP contribution in [0.1, 0.15) is 0 Å². The molecule has 1 N–H and O–H groups in total. The predicted octanol–water partition coefficient (Wildman–Crippen LogP) is 2.43. The Balaban J connectivity index is 2.52. The van der Waals surface area contributed by atoms with Crippen molar-refractivity contribution >= 4 is 44.0 Å². The van der Waals surface area contributed by atoms with E-state index in [-0.39, 0.29) is 5.70 Å². The van der Waals surface area contributed by atoms with Gasteiger partial charge in [-0.05, 0) is 31.9 Å². The number of halogens is 2. The molecule has 5 nitrogen and oxygen atoms in total. The topological polar surface area (TPSA) is 58.4 Å². The lowest BCUT2D eigenvalue weighted by molar-refractivity contribution is -0.419. The highest BCUT2D eigenvalue weighted by atomic mass is 79.9. The van der Waals surface area contributed by atoms with Crippen molar-refractivity contribution in [1.82, 2.24) is 9.03 Å². The van der Waals surface area contributed by atoms with E-state index in [2.05, 4.69) is 36.6 Å². The smallest absolute Gasteiger partial charge is 0.288 e. The van der Waals surface area contributed by atoms with Gasteiger partial charge in [-0.25, -0.2) is 0 Å². The van der Waals surface area contributed by atoms with Crippen LogP contribution in [0.2, 0.25) is 0 Å². The van der Waals surface area contributed by atoms with Crippen molar-refractivity contribution in [1.29, 1.82) is 0 Å². The SMILES string of the molecule is O=[N+]([O-])C1=C(Br)C2=CNSN2C(Br)=C1. The van der Waals surface area contributed by atoms with Gasteiger partial charge in [0.25, 0.3) is 5.70 Å². The summed E-state index contributed by atoms with van der Waals surface area (Å²) in [7, 11) is 0. The highest BCUT2D eigenvalue weighted by Gasteiger charge is 2.32. The van der Waals surface area contributed by atoms with Crippen LogP contribution in [0, 0.1) is 10.1 Å². The Morgan fingerprint density at radius 1 is 1.57 bits per heavy atom. The zero-order valence-corrected chi connectivity index (χ0v) is 10.5. The third-order valence-electron chi connectivity index (χ3n) is 1.65. The van der Waals surface area contributed by atoms with E-state index >= 15 is 0 Å². The standard InChI is InChI=1S/C6H3Br2N3O2S/c7-5-1-3(11(12)13)6(8)4-2-9-14-10(4)5/h1-2,9H. The Morgan fingerprint density at radius 3 is 2.93 bits per heavy atom. The summed E-state index contributed by atoms with van der Waals surface area (Å²) in [4.78, 5) is 10.3. The second-order valence-corrected chi connectivity index (χ2v) is 4.85. The minimum Gasteiger partial charge on any atom is -0.316 e. The molecule has 0 aliphatic carbocycles. The lowest BCUT2D eigenvalue weighted by Gasteiger charge is -2.20. The normalized spacial score (nSPS) is 20.0. The summed E-state index contributed by atoms with van der Waals surface area (Å²) in [6, 6.07) is 0. The molecule has 74 valence electrons. The molecule has 2 rings (SSSR count). The maximum Gasteiger partial charge on any atom is 0.288 e. The lowest BCUT2D eigenvalue weighted by Crippen LogP contribution is -2.16. The number of nitrogens with one attached hydrogen (secondary N) is 1. The van der Waals surface area contributed by atoms with Gasteiger partial charge >= 0.3 is 0 Å². The lowest BCUT2D eigenvalue weighted by atomic mass is 10.3. The molecule has 2 aliphatic rings. The molecular weight excluding hydrogens is 338 g/mol. The third-order valence-corrected chi connectivity index (χ3v) is 4.08. The van der Waals surface area contributed by atoms with Crippen molar-refractivity contribution in [3.8, 4) is 0 Å². The predicted molar refractivity (Wildman–Crippen MR) is 60.6 cm³/mol. The first-order chi connectivity index (χ1) is 6.61. The Hall–Kier alpha value is -0.470. The van der Waals surface area contributed by atoms with Crippen LogP contribution in [-0.2, 0) is 0 Å². The number of allylic oxidation sites excluding steroid dienone is 2. The van der Waals surface area contributed by atoms with Crippen molar-refractivity contribution in [3.63, 3.8) is 0 Å². The maximum absolute atomic E-state index is 10.7. The number of hydrogen-bond acceptors (Lipinski definition) is 5. The van der Waals surface area contributed by atoms with Gasteiger partial charge in [-0.15, -0.1) is 0 Å². The van der Waals surface area contributed by atoms with E-state index in [0.29, 0.717) is 9.09 Å². The van der Waals surface area contributed by atoms with Gasteiger partial charge < -0.3 is 4.72 Å². The summed E-state index contributed by atoms with van der Waals surface area (Å²) in [6.45, 7) is 0. The quantitative estimate of drug-likeness (QED) is 0.344. The minimum atomic E-state index is -0.424. The van der Waals surface area contributed by atoms with E-state index in [1.165, 1.54) is 18.2 Å². The Kier molecular flexibility index (Phi) is 2.58. The van der Waals surface area contributed by atoms with Crippen LogP contribution < -0.4 is 4.72 Å². The van der Waals surface area contributed by atoms with Crippen LogP contribution >= 0.6 is 44.0 Å². The van der Waals surface area contributed by atoms with Gasteiger partial charge in [0.1, 0.15) is 9.09 Å². The first kappa shape index (κ1) is 10.1. The number of hydrogen-bond donors (Lipinski definition) is 1. The van der Waals surface area contributed by atoms with E-state index in [1.54, 1.807) is 10.5 Å². The highest BCUT2D eigenvalue weighted by Crippen LogP contribution is 2.41. The third kappa shape index (κ3) is 1.47. The molecule has 0 bridgehead atoms. The average Bonchev–Trinajstić information content (AvgIpc) is 2.59. The van der Waals surface area contributed by atoms with E-state index in [4.69, 9.17) is 0 Å². The van der Waals surface area contributed by atoms with Crippen molar-refractivity contribution in [2.75, 3.05) is 0 Å². The number of nitrogens with zero attached hydrogens (tertiary/aromatic N) is 2. The second kappa shape index (κ2) is 3.59. The molecule has 0 saturated heterocycles. The molecule has 0 aromatic carbocycles. The fraction of sp³-hybridized carbons (Fsp3) is 0. The van der Waals surface area contributed by atoms with Gasteiger partial charge in [0.05, 0.1) is 22.8 Å². The molecule has 0 aromatic heterocycles. The molecule has 0 spiro atoms. The summed E-state index contributed by atoms with van der Waals surface area (Å²) in [5.74, 6) is 0. The summed E-state index contributed by atoms with van der Waals surface area (Å²) >= 11 is 7.80. The van der Waals surface area contributed by atoms with Crippen molar-refractivity contribution in [2.24, 2.45) is 0 Å². The van der Waals surface area contributed by atoms with E-state index in [9.17, 15) is 10.1 Å². The van der Waals surface area contributed by atoms with Crippen molar-refractivity contribution in [3.05, 3.63) is 42.9 Å². The molecule has 0 saturated carbocycles. The zero-order chi connectivity index (χ0) is 10.3. The highest BCUT2D eigenvalue weighted by molar-refractivity contribution is 9.12. The van der Waals surface area contributed by atoms with Crippen molar-refractivity contribution in [2.45, 2.75) is 0 Å². The molecule has 14 heavy (non-hydrogen) atoms. The van der Waals surface area contributed by atoms with Crippen LogP contribution in [0.3, 0.4) is 0 Å².